The molecule has 1 saturated carbocycles. The molecule has 2 aliphatic rings. The number of hydrogen-bond acceptors (Lipinski definition) is 6. The SMILES string of the molecule is Cn1nc(C2CCN(C(=O)c3ccc([N+](=O)[O-])o3)CC2)n(C2CC2)c1=O. The van der Waals surface area contributed by atoms with Crippen molar-refractivity contribution in [1.29, 1.82) is 0 Å². The van der Waals surface area contributed by atoms with Crippen molar-refractivity contribution in [3.8, 4) is 0 Å². The number of carbonyl (C=O) groups excluding carboxylic acids is 1. The molecule has 4 rings (SSSR count). The Morgan fingerprint density at radius 2 is 1.96 bits per heavy atom. The Morgan fingerprint density at radius 3 is 2.54 bits per heavy atom. The number of likely N-dealkylation sites (tertiary alicyclic amines) is 1. The molecule has 1 saturated heterocycles. The smallest absolute Gasteiger partial charge is 0.395 e. The van der Waals surface area contributed by atoms with E-state index in [0.717, 1.165) is 18.7 Å². The topological polar surface area (TPSA) is 116 Å². The van der Waals surface area contributed by atoms with Crippen molar-refractivity contribution in [2.45, 2.75) is 37.6 Å². The number of nitro groups is 1. The zero-order valence-corrected chi connectivity index (χ0v) is 14.3. The van der Waals surface area contributed by atoms with Gasteiger partial charge in [-0.3, -0.25) is 19.5 Å². The van der Waals surface area contributed by atoms with Gasteiger partial charge in [0.2, 0.25) is 0 Å². The fourth-order valence-corrected chi connectivity index (χ4v) is 3.49. The van der Waals surface area contributed by atoms with E-state index >= 15 is 0 Å². The number of hydrogen-bond donors (Lipinski definition) is 0. The van der Waals surface area contributed by atoms with Gasteiger partial charge >= 0.3 is 11.6 Å². The van der Waals surface area contributed by atoms with Crippen LogP contribution in [0.1, 0.15) is 54.0 Å². The molecule has 10 nitrogen and oxygen atoms in total. The summed E-state index contributed by atoms with van der Waals surface area (Å²) >= 11 is 0. The standard InChI is InChI=1S/C16H19N5O5/c1-18-16(23)20(11-2-3-11)14(17-18)10-6-8-19(9-7-10)15(22)12-4-5-13(26-12)21(24)25/h4-5,10-11H,2-3,6-9H2,1H3. The summed E-state index contributed by atoms with van der Waals surface area (Å²) in [7, 11) is 1.66. The van der Waals surface area contributed by atoms with Gasteiger partial charge < -0.3 is 9.32 Å². The van der Waals surface area contributed by atoms with Crippen molar-refractivity contribution in [3.63, 3.8) is 0 Å². The lowest BCUT2D eigenvalue weighted by molar-refractivity contribution is -0.402. The predicted octanol–water partition coefficient (Wildman–Crippen LogP) is 1.44. The third kappa shape index (κ3) is 2.80. The van der Waals surface area contributed by atoms with E-state index in [1.807, 2.05) is 0 Å². The van der Waals surface area contributed by atoms with Crippen molar-refractivity contribution >= 4 is 11.8 Å². The minimum Gasteiger partial charge on any atom is -0.395 e. The van der Waals surface area contributed by atoms with Crippen LogP contribution in [0.3, 0.4) is 0 Å². The maximum atomic E-state index is 12.5. The van der Waals surface area contributed by atoms with Crippen LogP contribution in [0.4, 0.5) is 5.88 Å². The number of rotatable bonds is 4. The van der Waals surface area contributed by atoms with Crippen LogP contribution in [-0.4, -0.2) is 43.2 Å². The van der Waals surface area contributed by atoms with Gasteiger partial charge in [-0.25, -0.2) is 9.48 Å². The molecule has 2 aromatic heterocycles. The Kier molecular flexibility index (Phi) is 3.89. The Labute approximate surface area is 148 Å². The third-order valence-corrected chi connectivity index (χ3v) is 5.02. The molecule has 1 aliphatic heterocycles. The van der Waals surface area contributed by atoms with Gasteiger partial charge in [0.15, 0.2) is 5.76 Å². The average molecular weight is 361 g/mol. The first-order chi connectivity index (χ1) is 12.5. The first-order valence-electron chi connectivity index (χ1n) is 8.64. The average Bonchev–Trinajstić information content (AvgIpc) is 3.25. The van der Waals surface area contributed by atoms with Gasteiger partial charge in [-0.15, -0.1) is 0 Å². The summed E-state index contributed by atoms with van der Waals surface area (Å²) in [6.07, 6.45) is 3.40. The van der Waals surface area contributed by atoms with Crippen LogP contribution in [0.15, 0.2) is 21.3 Å². The van der Waals surface area contributed by atoms with Gasteiger partial charge in [0.1, 0.15) is 10.7 Å². The van der Waals surface area contributed by atoms with E-state index < -0.39 is 10.8 Å². The van der Waals surface area contributed by atoms with E-state index in [1.165, 1.54) is 16.8 Å². The second-order valence-corrected chi connectivity index (χ2v) is 6.83. The number of carbonyl (C=O) groups is 1. The molecule has 138 valence electrons. The molecule has 3 heterocycles. The van der Waals surface area contributed by atoms with Crippen LogP contribution in [0, 0.1) is 10.1 Å². The molecule has 0 N–H and O–H groups in total. The number of aryl methyl sites for hydroxylation is 1. The van der Waals surface area contributed by atoms with Crippen LogP contribution < -0.4 is 5.69 Å². The molecule has 0 unspecified atom stereocenters. The maximum absolute atomic E-state index is 12.5. The largest absolute Gasteiger partial charge is 0.433 e. The summed E-state index contributed by atoms with van der Waals surface area (Å²) in [5.41, 5.74) is -0.0797. The molecule has 2 fully saturated rings. The lowest BCUT2D eigenvalue weighted by Gasteiger charge is -2.31. The summed E-state index contributed by atoms with van der Waals surface area (Å²) < 4.78 is 8.18. The van der Waals surface area contributed by atoms with Crippen molar-refractivity contribution in [2.75, 3.05) is 13.1 Å². The second kappa shape index (κ2) is 6.11. The van der Waals surface area contributed by atoms with Gasteiger partial charge in [-0.1, -0.05) is 0 Å². The summed E-state index contributed by atoms with van der Waals surface area (Å²) in [5, 5.41) is 15.1. The molecule has 0 atom stereocenters. The van der Waals surface area contributed by atoms with Gasteiger partial charge in [-0.05, 0) is 31.7 Å². The van der Waals surface area contributed by atoms with Gasteiger partial charge in [0.25, 0.3) is 5.91 Å². The molecule has 0 spiro atoms. The van der Waals surface area contributed by atoms with E-state index in [0.29, 0.717) is 25.9 Å². The molecule has 26 heavy (non-hydrogen) atoms. The highest BCUT2D eigenvalue weighted by atomic mass is 16.6. The van der Waals surface area contributed by atoms with Crippen LogP contribution in [0.5, 0.6) is 0 Å². The Morgan fingerprint density at radius 1 is 1.27 bits per heavy atom. The Balaban J connectivity index is 1.46. The van der Waals surface area contributed by atoms with Crippen LogP contribution in [0.25, 0.3) is 0 Å². The highest BCUT2D eigenvalue weighted by Crippen LogP contribution is 2.37. The normalized spacial score (nSPS) is 18.3. The second-order valence-electron chi connectivity index (χ2n) is 6.83. The van der Waals surface area contributed by atoms with Gasteiger partial charge in [0, 0.05) is 32.1 Å². The summed E-state index contributed by atoms with van der Waals surface area (Å²) in [6, 6.07) is 2.77. The number of nitrogens with zero attached hydrogens (tertiary/aromatic N) is 5. The molecule has 2 aromatic rings. The molecule has 0 aromatic carbocycles. The minimum absolute atomic E-state index is 0.0251. The Hall–Kier alpha value is -2.91. The molecule has 0 radical (unpaired) electrons. The fourth-order valence-electron chi connectivity index (χ4n) is 3.49. The van der Waals surface area contributed by atoms with E-state index in [9.17, 15) is 19.7 Å². The van der Waals surface area contributed by atoms with Crippen LogP contribution in [-0.2, 0) is 7.05 Å². The van der Waals surface area contributed by atoms with Crippen molar-refractivity contribution in [3.05, 3.63) is 44.3 Å². The van der Waals surface area contributed by atoms with Crippen molar-refractivity contribution in [2.24, 2.45) is 7.05 Å². The van der Waals surface area contributed by atoms with Crippen LogP contribution in [0.2, 0.25) is 0 Å². The van der Waals surface area contributed by atoms with Crippen LogP contribution >= 0.6 is 0 Å². The number of furan rings is 1. The van der Waals surface area contributed by atoms with E-state index in [4.69, 9.17) is 4.42 Å². The Bertz CT molecular complexity index is 914. The zero-order valence-electron chi connectivity index (χ0n) is 14.3. The van der Waals surface area contributed by atoms with Gasteiger partial charge in [0.05, 0.1) is 6.07 Å². The molecule has 1 amide bonds. The summed E-state index contributed by atoms with van der Waals surface area (Å²) in [6.45, 7) is 0.987. The highest BCUT2D eigenvalue weighted by molar-refractivity contribution is 5.91. The molecule has 0 bridgehead atoms. The van der Waals surface area contributed by atoms with Crippen molar-refractivity contribution < 1.29 is 14.1 Å². The molecular formula is C16H19N5O5. The molecule has 10 heteroatoms. The molecule has 1 aliphatic carbocycles. The first kappa shape index (κ1) is 16.6. The quantitative estimate of drug-likeness (QED) is 0.601. The van der Waals surface area contributed by atoms with E-state index in [1.54, 1.807) is 16.5 Å². The maximum Gasteiger partial charge on any atom is 0.433 e. The zero-order chi connectivity index (χ0) is 18.4. The summed E-state index contributed by atoms with van der Waals surface area (Å²) in [5.74, 6) is 0.116. The van der Waals surface area contributed by atoms with Gasteiger partial charge in [-0.2, -0.15) is 5.10 Å². The van der Waals surface area contributed by atoms with E-state index in [2.05, 4.69) is 5.10 Å². The monoisotopic (exact) mass is 361 g/mol. The van der Waals surface area contributed by atoms with Crippen molar-refractivity contribution in [1.82, 2.24) is 19.2 Å². The summed E-state index contributed by atoms with van der Waals surface area (Å²) in [4.78, 5) is 36.4. The number of piperidine rings is 1. The minimum atomic E-state index is -0.665. The lowest BCUT2D eigenvalue weighted by Crippen LogP contribution is -2.38. The fraction of sp³-hybridized carbons (Fsp3) is 0.562. The number of amides is 1. The highest BCUT2D eigenvalue weighted by Gasteiger charge is 2.34. The lowest BCUT2D eigenvalue weighted by atomic mass is 9.95. The van der Waals surface area contributed by atoms with E-state index in [-0.39, 0.29) is 29.3 Å². The first-order valence-corrected chi connectivity index (χ1v) is 8.64. The number of aromatic nitrogens is 3. The predicted molar refractivity (Wildman–Crippen MR) is 89.0 cm³/mol. The molecular weight excluding hydrogens is 342 g/mol. The third-order valence-electron chi connectivity index (χ3n) is 5.02.